The van der Waals surface area contributed by atoms with Gasteiger partial charge in [0.1, 0.15) is 17.5 Å². The molecule has 1 unspecified atom stereocenters. The number of primary amides is 1. The Hall–Kier alpha value is -3.16. The molecule has 2 heterocycles. The highest BCUT2D eigenvalue weighted by Gasteiger charge is 2.24. The SMILES string of the molecule is COc1ccc(-n2ccnc2-c2cn(C(C(N)=O)C(C)C)nn2)cc1. The number of carbonyl (C=O) groups excluding carboxylic acids is 1. The van der Waals surface area contributed by atoms with Crippen LogP contribution in [0, 0.1) is 5.92 Å². The van der Waals surface area contributed by atoms with Crippen LogP contribution in [0.25, 0.3) is 17.2 Å². The van der Waals surface area contributed by atoms with E-state index in [1.807, 2.05) is 48.9 Å². The Bertz CT molecular complexity index is 865. The number of hydrogen-bond donors (Lipinski definition) is 1. The summed E-state index contributed by atoms with van der Waals surface area (Å²) in [4.78, 5) is 16.1. The maximum Gasteiger partial charge on any atom is 0.242 e. The van der Waals surface area contributed by atoms with Gasteiger partial charge in [-0.3, -0.25) is 9.36 Å². The van der Waals surface area contributed by atoms with Crippen LogP contribution < -0.4 is 10.5 Å². The van der Waals surface area contributed by atoms with Gasteiger partial charge in [0.25, 0.3) is 0 Å². The monoisotopic (exact) mass is 340 g/mol. The Balaban J connectivity index is 1.96. The van der Waals surface area contributed by atoms with Gasteiger partial charge in [0, 0.05) is 18.1 Å². The molecule has 0 radical (unpaired) electrons. The highest BCUT2D eigenvalue weighted by Crippen LogP contribution is 2.23. The molecule has 130 valence electrons. The molecule has 0 fully saturated rings. The van der Waals surface area contributed by atoms with E-state index in [0.29, 0.717) is 11.5 Å². The number of nitrogens with zero attached hydrogens (tertiary/aromatic N) is 5. The molecule has 3 aromatic rings. The number of nitrogens with two attached hydrogens (primary N) is 1. The molecular formula is C17H20N6O2. The first-order valence-electron chi connectivity index (χ1n) is 7.90. The molecular weight excluding hydrogens is 320 g/mol. The molecule has 0 spiro atoms. The van der Waals surface area contributed by atoms with Crippen LogP contribution in [0.1, 0.15) is 19.9 Å². The minimum Gasteiger partial charge on any atom is -0.497 e. The molecule has 2 aromatic heterocycles. The third-order valence-electron chi connectivity index (χ3n) is 3.94. The second kappa shape index (κ2) is 6.76. The number of rotatable bonds is 6. The lowest BCUT2D eigenvalue weighted by atomic mass is 10.0. The van der Waals surface area contributed by atoms with Gasteiger partial charge in [-0.2, -0.15) is 0 Å². The zero-order valence-corrected chi connectivity index (χ0v) is 14.3. The van der Waals surface area contributed by atoms with E-state index < -0.39 is 11.9 Å². The van der Waals surface area contributed by atoms with Crippen molar-refractivity contribution in [3.05, 3.63) is 42.9 Å². The molecule has 0 saturated carbocycles. The molecule has 1 aromatic carbocycles. The number of aromatic nitrogens is 5. The Labute approximate surface area is 145 Å². The van der Waals surface area contributed by atoms with Crippen molar-refractivity contribution >= 4 is 5.91 Å². The van der Waals surface area contributed by atoms with Crippen LogP contribution in [0.5, 0.6) is 5.75 Å². The third kappa shape index (κ3) is 3.23. The fourth-order valence-electron chi connectivity index (χ4n) is 2.72. The van der Waals surface area contributed by atoms with Gasteiger partial charge in [-0.25, -0.2) is 9.67 Å². The minimum atomic E-state index is -0.550. The number of ether oxygens (including phenoxy) is 1. The normalized spacial score (nSPS) is 12.3. The largest absolute Gasteiger partial charge is 0.497 e. The summed E-state index contributed by atoms with van der Waals surface area (Å²) in [5.74, 6) is 0.972. The first-order chi connectivity index (χ1) is 12.0. The fraction of sp³-hybridized carbons (Fsp3) is 0.294. The van der Waals surface area contributed by atoms with Crippen molar-refractivity contribution in [2.24, 2.45) is 11.7 Å². The van der Waals surface area contributed by atoms with E-state index in [-0.39, 0.29) is 5.92 Å². The molecule has 0 aliphatic rings. The van der Waals surface area contributed by atoms with E-state index in [1.165, 1.54) is 4.68 Å². The van der Waals surface area contributed by atoms with Crippen LogP contribution in [-0.4, -0.2) is 37.6 Å². The molecule has 25 heavy (non-hydrogen) atoms. The van der Waals surface area contributed by atoms with Crippen molar-refractivity contribution in [2.75, 3.05) is 7.11 Å². The van der Waals surface area contributed by atoms with Gasteiger partial charge in [0.2, 0.25) is 5.91 Å². The standard InChI is InChI=1S/C17H20N6O2/c1-11(2)15(16(18)24)23-10-14(20-21-23)17-19-8-9-22(17)12-4-6-13(25-3)7-5-12/h4-11,15H,1-3H3,(H2,18,24). The Kier molecular flexibility index (Phi) is 4.51. The van der Waals surface area contributed by atoms with E-state index in [9.17, 15) is 4.79 Å². The molecule has 8 nitrogen and oxygen atoms in total. The van der Waals surface area contributed by atoms with Crippen LogP contribution in [0.15, 0.2) is 42.9 Å². The highest BCUT2D eigenvalue weighted by molar-refractivity contribution is 5.78. The summed E-state index contributed by atoms with van der Waals surface area (Å²) in [5.41, 5.74) is 6.96. The lowest BCUT2D eigenvalue weighted by Gasteiger charge is -2.16. The zero-order chi connectivity index (χ0) is 18.0. The molecule has 3 rings (SSSR count). The second-order valence-corrected chi connectivity index (χ2v) is 5.99. The predicted octanol–water partition coefficient (Wildman–Crippen LogP) is 1.82. The fourth-order valence-corrected chi connectivity index (χ4v) is 2.72. The molecule has 1 amide bonds. The molecule has 0 aliphatic heterocycles. The van der Waals surface area contributed by atoms with Gasteiger partial charge in [0.05, 0.1) is 13.3 Å². The van der Waals surface area contributed by atoms with E-state index in [1.54, 1.807) is 19.5 Å². The number of carbonyl (C=O) groups is 1. The van der Waals surface area contributed by atoms with Crippen LogP contribution in [-0.2, 0) is 4.79 Å². The van der Waals surface area contributed by atoms with Gasteiger partial charge in [0.15, 0.2) is 5.82 Å². The molecule has 0 saturated heterocycles. The van der Waals surface area contributed by atoms with Gasteiger partial charge in [-0.1, -0.05) is 19.1 Å². The van der Waals surface area contributed by atoms with Gasteiger partial charge >= 0.3 is 0 Å². The molecule has 8 heteroatoms. The first kappa shape index (κ1) is 16.7. The van der Waals surface area contributed by atoms with Crippen molar-refractivity contribution < 1.29 is 9.53 Å². The smallest absolute Gasteiger partial charge is 0.242 e. The number of imidazole rings is 1. The van der Waals surface area contributed by atoms with E-state index in [2.05, 4.69) is 15.3 Å². The molecule has 0 aliphatic carbocycles. The summed E-state index contributed by atoms with van der Waals surface area (Å²) in [5, 5.41) is 8.23. The van der Waals surface area contributed by atoms with Gasteiger partial charge < -0.3 is 10.5 Å². The Morgan fingerprint density at radius 1 is 1.24 bits per heavy atom. The van der Waals surface area contributed by atoms with Crippen molar-refractivity contribution in [1.29, 1.82) is 0 Å². The van der Waals surface area contributed by atoms with Gasteiger partial charge in [-0.15, -0.1) is 5.10 Å². The summed E-state index contributed by atoms with van der Waals surface area (Å²) in [6.07, 6.45) is 5.22. The summed E-state index contributed by atoms with van der Waals surface area (Å²) < 4.78 is 8.57. The van der Waals surface area contributed by atoms with Crippen molar-refractivity contribution in [2.45, 2.75) is 19.9 Å². The van der Waals surface area contributed by atoms with Crippen LogP contribution in [0.2, 0.25) is 0 Å². The number of amides is 1. The van der Waals surface area contributed by atoms with Crippen LogP contribution >= 0.6 is 0 Å². The summed E-state index contributed by atoms with van der Waals surface area (Å²) in [7, 11) is 1.62. The highest BCUT2D eigenvalue weighted by atomic mass is 16.5. The number of benzene rings is 1. The summed E-state index contributed by atoms with van der Waals surface area (Å²) >= 11 is 0. The van der Waals surface area contributed by atoms with Crippen LogP contribution in [0.4, 0.5) is 0 Å². The summed E-state index contributed by atoms with van der Waals surface area (Å²) in [6.45, 7) is 3.82. The number of hydrogen-bond acceptors (Lipinski definition) is 5. The van der Waals surface area contributed by atoms with E-state index >= 15 is 0 Å². The average Bonchev–Trinajstić information content (AvgIpc) is 3.23. The predicted molar refractivity (Wildman–Crippen MR) is 92.2 cm³/mol. The topological polar surface area (TPSA) is 101 Å². The van der Waals surface area contributed by atoms with E-state index in [0.717, 1.165) is 11.4 Å². The lowest BCUT2D eigenvalue weighted by molar-refractivity contribution is -0.122. The minimum absolute atomic E-state index is 0.00776. The number of methoxy groups -OCH3 is 1. The molecule has 2 N–H and O–H groups in total. The maximum atomic E-state index is 11.7. The maximum absolute atomic E-state index is 11.7. The Morgan fingerprint density at radius 2 is 1.96 bits per heavy atom. The van der Waals surface area contributed by atoms with Gasteiger partial charge in [-0.05, 0) is 30.2 Å². The second-order valence-electron chi connectivity index (χ2n) is 5.99. The van der Waals surface area contributed by atoms with E-state index in [4.69, 9.17) is 10.5 Å². The van der Waals surface area contributed by atoms with Crippen molar-refractivity contribution in [3.8, 4) is 23.0 Å². The molecule has 0 bridgehead atoms. The zero-order valence-electron chi connectivity index (χ0n) is 14.3. The first-order valence-corrected chi connectivity index (χ1v) is 7.90. The lowest BCUT2D eigenvalue weighted by Crippen LogP contribution is -2.30. The van der Waals surface area contributed by atoms with Crippen LogP contribution in [0.3, 0.4) is 0 Å². The molecule has 1 atom stereocenters. The van der Waals surface area contributed by atoms with Crippen molar-refractivity contribution in [1.82, 2.24) is 24.5 Å². The Morgan fingerprint density at radius 3 is 2.56 bits per heavy atom. The third-order valence-corrected chi connectivity index (χ3v) is 3.94. The quantitative estimate of drug-likeness (QED) is 0.737. The van der Waals surface area contributed by atoms with Crippen molar-refractivity contribution in [3.63, 3.8) is 0 Å². The summed E-state index contributed by atoms with van der Waals surface area (Å²) in [6, 6.07) is 7.05. The average molecular weight is 340 g/mol.